The topological polar surface area (TPSA) is 30.5 Å². The van der Waals surface area contributed by atoms with Gasteiger partial charge >= 0.3 is 0 Å². The Balaban J connectivity index is 1.08. The van der Waals surface area contributed by atoms with Crippen LogP contribution in [0.5, 0.6) is 0 Å². The first-order chi connectivity index (χ1) is 26.6. The van der Waals surface area contributed by atoms with Crippen molar-refractivity contribution in [3.8, 4) is 0 Å². The zero-order chi connectivity index (χ0) is 35.9. The molecule has 4 heteroatoms. The summed E-state index contributed by atoms with van der Waals surface area (Å²) in [7, 11) is 0. The number of nitrogens with zero attached hydrogens (tertiary/aromatic N) is 2. The van der Waals surface area contributed by atoms with Crippen molar-refractivity contribution < 1.29 is 9.15 Å². The number of anilines is 1. The molecular formula is C50H58N2O2. The molecule has 6 aliphatic carbocycles. The number of hydrogen-bond donors (Lipinski definition) is 0. The lowest BCUT2D eigenvalue weighted by Gasteiger charge is -2.45. The van der Waals surface area contributed by atoms with Crippen LogP contribution in [0.15, 0.2) is 88.2 Å². The fourth-order valence-electron chi connectivity index (χ4n) is 12.6. The van der Waals surface area contributed by atoms with Crippen LogP contribution in [0.25, 0.3) is 27.9 Å². The minimum atomic E-state index is 0.140. The van der Waals surface area contributed by atoms with Crippen LogP contribution in [0.1, 0.15) is 126 Å². The summed E-state index contributed by atoms with van der Waals surface area (Å²) in [5.74, 6) is 5.63. The van der Waals surface area contributed by atoms with Crippen molar-refractivity contribution >= 4 is 33.6 Å². The Morgan fingerprint density at radius 1 is 0.778 bits per heavy atom. The zero-order valence-corrected chi connectivity index (χ0v) is 32.6. The Morgan fingerprint density at radius 2 is 1.65 bits per heavy atom. The van der Waals surface area contributed by atoms with Crippen LogP contribution >= 0.6 is 0 Å². The molecule has 1 fully saturated rings. The summed E-state index contributed by atoms with van der Waals surface area (Å²) >= 11 is 0. The van der Waals surface area contributed by atoms with Crippen molar-refractivity contribution in [1.82, 2.24) is 4.57 Å². The van der Waals surface area contributed by atoms with Crippen molar-refractivity contribution in [3.05, 3.63) is 106 Å². The molecule has 1 saturated carbocycles. The van der Waals surface area contributed by atoms with Crippen molar-refractivity contribution in [2.45, 2.75) is 135 Å². The van der Waals surface area contributed by atoms with Gasteiger partial charge in [-0.25, -0.2) is 0 Å². The molecule has 0 N–H and O–H groups in total. The van der Waals surface area contributed by atoms with E-state index >= 15 is 0 Å². The molecule has 0 bridgehead atoms. The largest absolute Gasteiger partial charge is 0.490 e. The molecule has 0 amide bonds. The Hall–Kier alpha value is -3.92. The van der Waals surface area contributed by atoms with Crippen LogP contribution in [0, 0.1) is 29.6 Å². The number of fused-ring (bicyclic) bond motifs is 8. The maximum atomic E-state index is 6.83. The van der Waals surface area contributed by atoms with E-state index in [0.717, 1.165) is 48.9 Å². The molecule has 7 atom stereocenters. The molecule has 4 nitrogen and oxygen atoms in total. The second kappa shape index (κ2) is 13.4. The van der Waals surface area contributed by atoms with Crippen molar-refractivity contribution in [2.75, 3.05) is 4.90 Å². The summed E-state index contributed by atoms with van der Waals surface area (Å²) in [4.78, 5) is 2.83. The third-order valence-corrected chi connectivity index (χ3v) is 15.3. The van der Waals surface area contributed by atoms with Crippen molar-refractivity contribution in [3.63, 3.8) is 0 Å². The van der Waals surface area contributed by atoms with Gasteiger partial charge in [0, 0.05) is 63.7 Å². The van der Waals surface area contributed by atoms with Gasteiger partial charge < -0.3 is 18.6 Å². The Morgan fingerprint density at radius 3 is 2.56 bits per heavy atom. The van der Waals surface area contributed by atoms with Gasteiger partial charge in [0.25, 0.3) is 0 Å². The summed E-state index contributed by atoms with van der Waals surface area (Å²) in [6, 6.07) is 17.2. The second-order valence-corrected chi connectivity index (χ2v) is 18.3. The Bertz CT molecular complexity index is 2220. The minimum absolute atomic E-state index is 0.140. The number of aryl methyl sites for hydroxylation is 2. The third-order valence-electron chi connectivity index (χ3n) is 15.3. The molecule has 280 valence electrons. The number of hydrogen-bond acceptors (Lipinski definition) is 3. The minimum Gasteiger partial charge on any atom is -0.490 e. The van der Waals surface area contributed by atoms with E-state index in [-0.39, 0.29) is 6.10 Å². The van der Waals surface area contributed by atoms with Crippen molar-refractivity contribution in [1.29, 1.82) is 0 Å². The van der Waals surface area contributed by atoms with Gasteiger partial charge in [-0.05, 0) is 129 Å². The van der Waals surface area contributed by atoms with Gasteiger partial charge in [0.1, 0.15) is 17.4 Å². The summed E-state index contributed by atoms with van der Waals surface area (Å²) < 4.78 is 16.2. The summed E-state index contributed by atoms with van der Waals surface area (Å²) in [5.41, 5.74) is 11.5. The van der Waals surface area contributed by atoms with Gasteiger partial charge in [0.05, 0.1) is 11.8 Å². The molecule has 1 aliphatic heterocycles. The third kappa shape index (κ3) is 5.35. The van der Waals surface area contributed by atoms with Crippen LogP contribution in [-0.4, -0.2) is 16.7 Å². The van der Waals surface area contributed by atoms with Gasteiger partial charge in [-0.15, -0.1) is 0 Å². The first-order valence-electron chi connectivity index (χ1n) is 22.0. The van der Waals surface area contributed by atoms with Crippen LogP contribution in [0.4, 0.5) is 5.69 Å². The van der Waals surface area contributed by atoms with E-state index in [4.69, 9.17) is 9.15 Å². The maximum absolute atomic E-state index is 6.83. The Labute approximate surface area is 322 Å². The molecule has 0 radical (unpaired) electrons. The molecular weight excluding hydrogens is 661 g/mol. The quantitative estimate of drug-likeness (QED) is 0.193. The molecule has 7 aliphatic rings. The number of rotatable bonds is 5. The van der Waals surface area contributed by atoms with Crippen LogP contribution in [-0.2, 0) is 24.0 Å². The average molecular weight is 719 g/mol. The molecule has 0 saturated heterocycles. The van der Waals surface area contributed by atoms with Crippen molar-refractivity contribution in [2.24, 2.45) is 29.6 Å². The van der Waals surface area contributed by atoms with E-state index in [1.54, 1.807) is 16.8 Å². The van der Waals surface area contributed by atoms with Gasteiger partial charge in [-0.2, -0.15) is 0 Å². The predicted molar refractivity (Wildman–Crippen MR) is 222 cm³/mol. The highest BCUT2D eigenvalue weighted by Gasteiger charge is 2.48. The van der Waals surface area contributed by atoms with E-state index in [0.29, 0.717) is 29.8 Å². The van der Waals surface area contributed by atoms with Gasteiger partial charge in [-0.1, -0.05) is 82.4 Å². The smallest absolute Gasteiger partial charge is 0.134 e. The first kappa shape index (κ1) is 33.4. The second-order valence-electron chi connectivity index (χ2n) is 18.3. The maximum Gasteiger partial charge on any atom is 0.134 e. The van der Waals surface area contributed by atoms with E-state index in [9.17, 15) is 0 Å². The van der Waals surface area contributed by atoms with Crippen LogP contribution < -0.4 is 4.90 Å². The van der Waals surface area contributed by atoms with Gasteiger partial charge in [-0.3, -0.25) is 0 Å². The van der Waals surface area contributed by atoms with E-state index < -0.39 is 0 Å². The lowest BCUT2D eigenvalue weighted by Crippen LogP contribution is -2.49. The molecule has 6 unspecified atom stereocenters. The average Bonchev–Trinajstić information content (AvgIpc) is 3.88. The predicted octanol–water partition coefficient (Wildman–Crippen LogP) is 12.8. The Kier molecular flexibility index (Phi) is 8.28. The van der Waals surface area contributed by atoms with E-state index in [2.05, 4.69) is 96.2 Å². The lowest BCUT2D eigenvalue weighted by molar-refractivity contribution is 0.123. The number of benzene rings is 2. The first-order valence-corrected chi connectivity index (χ1v) is 22.0. The molecule has 0 spiro atoms. The molecule has 3 heterocycles. The standard InChI is InChI=1S/C50H58N2O2/c1-31-12-6-9-17-42(31)52-43-25-22-35(29-40(43)37-24-21-34(28-44(37)52)33-13-4-3-5-14-33)51(36-23-27-47-41(30-36)38-15-7-10-18-45(38)53-47)50-32(2)20-26-48-49(50)39-16-8-11-19-46(39)54-48/h6-7,9-10,15,18,20,22,25-26,29-34,42,48-50H,3-5,8,11-14,16-17,19,21,23-24,27-28H2,1-2H3/t31-,32?,34?,42?,48?,49?,50?/m1/s1. The highest BCUT2D eigenvalue weighted by Crippen LogP contribution is 2.51. The van der Waals surface area contributed by atoms with Crippen LogP contribution in [0.2, 0.25) is 0 Å². The molecule has 2 aromatic carbocycles. The van der Waals surface area contributed by atoms with Gasteiger partial charge in [0.2, 0.25) is 0 Å². The molecule has 11 rings (SSSR count). The number of furan rings is 1. The fraction of sp³-hybridized carbons (Fsp3) is 0.520. The van der Waals surface area contributed by atoms with Gasteiger partial charge in [0.15, 0.2) is 0 Å². The highest BCUT2D eigenvalue weighted by atomic mass is 16.5. The summed E-state index contributed by atoms with van der Waals surface area (Å²) in [5, 5.41) is 2.77. The highest BCUT2D eigenvalue weighted by molar-refractivity contribution is 5.92. The number of aromatic nitrogens is 1. The number of para-hydroxylation sites is 1. The number of ether oxygens (including phenoxy) is 1. The molecule has 4 aromatic rings. The van der Waals surface area contributed by atoms with Crippen LogP contribution in [0.3, 0.4) is 0 Å². The monoisotopic (exact) mass is 718 g/mol. The van der Waals surface area contributed by atoms with E-state index in [1.807, 2.05) is 0 Å². The fourth-order valence-corrected chi connectivity index (χ4v) is 12.6. The summed E-state index contributed by atoms with van der Waals surface area (Å²) in [6.07, 6.45) is 32.6. The normalized spacial score (nSPS) is 30.9. The SMILES string of the molecule is CC1C=CC2OC3=C(CCCC3)C2C1N(C1=Cc2c(oc3ccccc23)CC1)c1ccc2c(c1)c1c(n2C2CC=CC[C@H]2C)CC(C2CCCCC2)CC1. The zero-order valence-electron chi connectivity index (χ0n) is 32.6. The molecule has 2 aromatic heterocycles. The van der Waals surface area contributed by atoms with E-state index in [1.165, 1.54) is 116 Å². The lowest BCUT2D eigenvalue weighted by atomic mass is 9.72. The number of allylic oxidation sites excluding steroid dienone is 4. The molecule has 54 heavy (non-hydrogen) atoms. The summed E-state index contributed by atoms with van der Waals surface area (Å²) in [6.45, 7) is 4.97.